The zero-order valence-corrected chi connectivity index (χ0v) is 12.5. The van der Waals surface area contributed by atoms with E-state index < -0.39 is 0 Å². The van der Waals surface area contributed by atoms with Gasteiger partial charge < -0.3 is 15.8 Å². The third-order valence-electron chi connectivity index (χ3n) is 4.01. The lowest BCUT2D eigenvalue weighted by Crippen LogP contribution is -2.40. The highest BCUT2D eigenvalue weighted by atomic mass is 16.5. The van der Waals surface area contributed by atoms with Gasteiger partial charge in [0, 0.05) is 11.7 Å². The van der Waals surface area contributed by atoms with Crippen LogP contribution in [0.1, 0.15) is 49.9 Å². The molecule has 1 aliphatic carbocycles. The van der Waals surface area contributed by atoms with Crippen molar-refractivity contribution in [2.45, 2.75) is 45.6 Å². The first-order valence-corrected chi connectivity index (χ1v) is 7.16. The minimum absolute atomic E-state index is 0.100. The number of methoxy groups -OCH3 is 1. The van der Waals surface area contributed by atoms with Gasteiger partial charge in [-0.15, -0.1) is 0 Å². The van der Waals surface area contributed by atoms with E-state index in [-0.39, 0.29) is 11.9 Å². The summed E-state index contributed by atoms with van der Waals surface area (Å²) in [5.41, 5.74) is 7.14. The summed E-state index contributed by atoms with van der Waals surface area (Å²) >= 11 is 0. The van der Waals surface area contributed by atoms with Crippen LogP contribution in [-0.2, 0) is 0 Å². The Labute approximate surface area is 120 Å². The summed E-state index contributed by atoms with van der Waals surface area (Å²) in [4.78, 5) is 12.4. The number of carbonyl (C=O) groups is 1. The molecule has 110 valence electrons. The van der Waals surface area contributed by atoms with Crippen LogP contribution in [0.15, 0.2) is 18.2 Å². The van der Waals surface area contributed by atoms with Crippen LogP contribution >= 0.6 is 0 Å². The normalized spacial score (nSPS) is 21.2. The molecule has 1 aromatic carbocycles. The van der Waals surface area contributed by atoms with Crippen LogP contribution in [0.3, 0.4) is 0 Å². The van der Waals surface area contributed by atoms with Crippen molar-refractivity contribution in [3.63, 3.8) is 0 Å². The molecule has 1 fully saturated rings. The molecule has 1 unspecified atom stereocenters. The van der Waals surface area contributed by atoms with Gasteiger partial charge in [0.15, 0.2) is 0 Å². The summed E-state index contributed by atoms with van der Waals surface area (Å²) in [7, 11) is 1.56. The summed E-state index contributed by atoms with van der Waals surface area (Å²) in [5, 5.41) is 3.12. The van der Waals surface area contributed by atoms with Gasteiger partial charge in [0.25, 0.3) is 5.91 Å². The molecule has 1 amide bonds. The van der Waals surface area contributed by atoms with Crippen LogP contribution in [0.25, 0.3) is 0 Å². The summed E-state index contributed by atoms with van der Waals surface area (Å²) in [5.74, 6) is 0.462. The molecule has 1 aromatic rings. The molecule has 0 bridgehead atoms. The average Bonchev–Trinajstić information content (AvgIpc) is 2.37. The summed E-state index contributed by atoms with van der Waals surface area (Å²) in [6.07, 6.45) is 4.44. The van der Waals surface area contributed by atoms with Gasteiger partial charge in [0.05, 0.1) is 12.7 Å². The smallest absolute Gasteiger partial charge is 0.255 e. The van der Waals surface area contributed by atoms with Crippen LogP contribution in [-0.4, -0.2) is 19.1 Å². The Hall–Kier alpha value is -1.71. The maximum Gasteiger partial charge on any atom is 0.255 e. The number of ether oxygens (including phenoxy) is 1. The SMILES string of the molecule is COc1ccc(N)cc1C(=O)NC1CCCC(C)(C)C1. The second kappa shape index (κ2) is 5.73. The van der Waals surface area contributed by atoms with Crippen molar-refractivity contribution in [1.82, 2.24) is 5.32 Å². The van der Waals surface area contributed by atoms with Gasteiger partial charge in [0.2, 0.25) is 0 Å². The zero-order valence-electron chi connectivity index (χ0n) is 12.5. The van der Waals surface area contributed by atoms with Crippen LogP contribution in [0.5, 0.6) is 5.75 Å². The molecule has 0 saturated heterocycles. The number of amides is 1. The van der Waals surface area contributed by atoms with E-state index in [1.807, 2.05) is 0 Å². The summed E-state index contributed by atoms with van der Waals surface area (Å²) in [6, 6.07) is 5.37. The van der Waals surface area contributed by atoms with E-state index in [0.717, 1.165) is 19.3 Å². The van der Waals surface area contributed by atoms with E-state index in [9.17, 15) is 4.79 Å². The number of hydrogen-bond donors (Lipinski definition) is 2. The molecular weight excluding hydrogens is 252 g/mol. The van der Waals surface area contributed by atoms with Crippen molar-refractivity contribution in [2.24, 2.45) is 5.41 Å². The van der Waals surface area contributed by atoms with Crippen LogP contribution in [0.4, 0.5) is 5.69 Å². The molecule has 0 aromatic heterocycles. The third kappa shape index (κ3) is 3.44. The predicted molar refractivity (Wildman–Crippen MR) is 80.9 cm³/mol. The number of nitrogens with two attached hydrogens (primary N) is 1. The maximum absolute atomic E-state index is 12.4. The average molecular weight is 276 g/mol. The Morgan fingerprint density at radius 2 is 2.20 bits per heavy atom. The van der Waals surface area contributed by atoms with E-state index in [1.165, 1.54) is 6.42 Å². The Kier molecular flexibility index (Phi) is 4.21. The monoisotopic (exact) mass is 276 g/mol. The number of rotatable bonds is 3. The Balaban J connectivity index is 2.10. The molecule has 1 saturated carbocycles. The fourth-order valence-electron chi connectivity index (χ4n) is 2.99. The first kappa shape index (κ1) is 14.7. The van der Waals surface area contributed by atoms with Crippen molar-refractivity contribution in [3.05, 3.63) is 23.8 Å². The van der Waals surface area contributed by atoms with Gasteiger partial charge in [-0.3, -0.25) is 4.79 Å². The van der Waals surface area contributed by atoms with Gasteiger partial charge >= 0.3 is 0 Å². The zero-order chi connectivity index (χ0) is 14.8. The van der Waals surface area contributed by atoms with Crippen LogP contribution in [0, 0.1) is 5.41 Å². The topological polar surface area (TPSA) is 64.3 Å². The molecule has 4 heteroatoms. The van der Waals surface area contributed by atoms with E-state index >= 15 is 0 Å². The largest absolute Gasteiger partial charge is 0.496 e. The van der Waals surface area contributed by atoms with Gasteiger partial charge in [-0.05, 0) is 42.9 Å². The van der Waals surface area contributed by atoms with E-state index in [4.69, 9.17) is 10.5 Å². The predicted octanol–water partition coefficient (Wildman–Crippen LogP) is 2.98. The molecule has 1 aliphatic rings. The highest BCUT2D eigenvalue weighted by molar-refractivity contribution is 5.98. The highest BCUT2D eigenvalue weighted by Gasteiger charge is 2.29. The van der Waals surface area contributed by atoms with Crippen LogP contribution in [0.2, 0.25) is 0 Å². The second-order valence-corrected chi connectivity index (χ2v) is 6.39. The lowest BCUT2D eigenvalue weighted by atomic mass is 9.75. The molecule has 2 rings (SSSR count). The molecule has 0 radical (unpaired) electrons. The molecule has 0 aliphatic heterocycles. The molecule has 3 N–H and O–H groups in total. The lowest BCUT2D eigenvalue weighted by molar-refractivity contribution is 0.0899. The number of hydrogen-bond acceptors (Lipinski definition) is 3. The minimum Gasteiger partial charge on any atom is -0.496 e. The van der Waals surface area contributed by atoms with Crippen LogP contribution < -0.4 is 15.8 Å². The summed E-state index contributed by atoms with van der Waals surface area (Å²) < 4.78 is 5.24. The number of benzene rings is 1. The molecule has 20 heavy (non-hydrogen) atoms. The fourth-order valence-corrected chi connectivity index (χ4v) is 2.99. The van der Waals surface area contributed by atoms with E-state index in [1.54, 1.807) is 25.3 Å². The third-order valence-corrected chi connectivity index (χ3v) is 4.01. The van der Waals surface area contributed by atoms with Crippen molar-refractivity contribution >= 4 is 11.6 Å². The number of anilines is 1. The van der Waals surface area contributed by atoms with Crippen molar-refractivity contribution in [1.29, 1.82) is 0 Å². The van der Waals surface area contributed by atoms with Gasteiger partial charge in [-0.2, -0.15) is 0 Å². The molecule has 0 spiro atoms. The fraction of sp³-hybridized carbons (Fsp3) is 0.562. The van der Waals surface area contributed by atoms with Gasteiger partial charge in [-0.25, -0.2) is 0 Å². The van der Waals surface area contributed by atoms with Gasteiger partial charge in [-0.1, -0.05) is 20.3 Å². The lowest BCUT2D eigenvalue weighted by Gasteiger charge is -2.35. The number of carbonyl (C=O) groups excluding carboxylic acids is 1. The quantitative estimate of drug-likeness (QED) is 0.834. The molecular formula is C16H24N2O2. The first-order chi connectivity index (χ1) is 9.41. The van der Waals surface area contributed by atoms with Crippen molar-refractivity contribution in [2.75, 3.05) is 12.8 Å². The Bertz CT molecular complexity index is 497. The standard InChI is InChI=1S/C16H24N2O2/c1-16(2)8-4-5-12(10-16)18-15(19)13-9-11(17)6-7-14(13)20-3/h6-7,9,12H,4-5,8,10,17H2,1-3H3,(H,18,19). The number of nitrogen functional groups attached to an aromatic ring is 1. The van der Waals surface area contributed by atoms with Gasteiger partial charge in [0.1, 0.15) is 5.75 Å². The molecule has 4 nitrogen and oxygen atoms in total. The first-order valence-electron chi connectivity index (χ1n) is 7.16. The van der Waals surface area contributed by atoms with E-state index in [0.29, 0.717) is 22.4 Å². The Morgan fingerprint density at radius 1 is 1.45 bits per heavy atom. The van der Waals surface area contributed by atoms with E-state index in [2.05, 4.69) is 19.2 Å². The second-order valence-electron chi connectivity index (χ2n) is 6.39. The van der Waals surface area contributed by atoms with Crippen molar-refractivity contribution < 1.29 is 9.53 Å². The maximum atomic E-state index is 12.4. The highest BCUT2D eigenvalue weighted by Crippen LogP contribution is 2.35. The Morgan fingerprint density at radius 3 is 2.85 bits per heavy atom. The minimum atomic E-state index is -0.100. The van der Waals surface area contributed by atoms with Crippen molar-refractivity contribution in [3.8, 4) is 5.75 Å². The summed E-state index contributed by atoms with van der Waals surface area (Å²) in [6.45, 7) is 4.51. The molecule has 0 heterocycles. The molecule has 1 atom stereocenters. The number of nitrogens with one attached hydrogen (secondary N) is 1.